The van der Waals surface area contributed by atoms with E-state index in [-0.39, 0.29) is 47.5 Å². The largest absolute Gasteiger partial charge is 0.462 e. The molecule has 0 aliphatic heterocycles. The van der Waals surface area contributed by atoms with Crippen molar-refractivity contribution >= 4 is 17.7 Å². The minimum Gasteiger partial charge on any atom is -0.462 e. The van der Waals surface area contributed by atoms with Crippen molar-refractivity contribution in [3.05, 3.63) is 23.8 Å². The Bertz CT molecular complexity index is 660. The molecule has 0 bridgehead atoms. The summed E-state index contributed by atoms with van der Waals surface area (Å²) in [6, 6.07) is 0. The molecule has 0 spiro atoms. The molecule has 2 saturated carbocycles. The zero-order valence-electron chi connectivity index (χ0n) is 17.3. The molecule has 0 aromatic heterocycles. The molecule has 2 aliphatic carbocycles. The molecule has 27 heavy (non-hydrogen) atoms. The maximum atomic E-state index is 12.8. The van der Waals surface area contributed by atoms with Crippen LogP contribution in [0.5, 0.6) is 0 Å². The number of carbonyl (C=O) groups excluding carboxylic acids is 3. The Kier molecular flexibility index (Phi) is 6.66. The number of hydrogen-bond donors (Lipinski definition) is 0. The molecule has 0 amide bonds. The molecular weight excluding hydrogens is 344 g/mol. The molecule has 0 saturated heterocycles. The van der Waals surface area contributed by atoms with E-state index in [4.69, 9.17) is 9.47 Å². The molecule has 0 unspecified atom stereocenters. The minimum absolute atomic E-state index is 0.0367. The van der Waals surface area contributed by atoms with Gasteiger partial charge in [0.15, 0.2) is 0 Å². The zero-order chi connectivity index (χ0) is 20.5. The van der Waals surface area contributed by atoms with Crippen molar-refractivity contribution in [2.45, 2.75) is 66.6 Å². The van der Waals surface area contributed by atoms with E-state index in [1.165, 1.54) is 6.92 Å². The number of allylic oxidation sites excluding steroid dienone is 1. The van der Waals surface area contributed by atoms with Crippen molar-refractivity contribution in [1.29, 1.82) is 0 Å². The first-order valence-corrected chi connectivity index (χ1v) is 9.80. The fraction of sp³-hybridized carbons (Fsp3) is 0.682. The number of fused-ring (bicyclic) bond motifs is 1. The number of ketones is 1. The maximum Gasteiger partial charge on any atom is 0.333 e. The molecule has 0 aromatic rings. The van der Waals surface area contributed by atoms with Crippen LogP contribution in [0.3, 0.4) is 0 Å². The van der Waals surface area contributed by atoms with Crippen LogP contribution >= 0.6 is 0 Å². The first-order valence-electron chi connectivity index (χ1n) is 9.80. The second-order valence-corrected chi connectivity index (χ2v) is 8.28. The Morgan fingerprint density at radius 2 is 1.85 bits per heavy atom. The summed E-state index contributed by atoms with van der Waals surface area (Å²) in [6.45, 7) is 15.2. The van der Waals surface area contributed by atoms with Crippen LogP contribution in [0.4, 0.5) is 0 Å². The molecule has 0 heterocycles. The minimum atomic E-state index is -0.455. The molecule has 2 aliphatic rings. The lowest BCUT2D eigenvalue weighted by molar-refractivity contribution is -0.153. The van der Waals surface area contributed by atoms with Crippen molar-refractivity contribution in [3.8, 4) is 0 Å². The highest BCUT2D eigenvalue weighted by molar-refractivity contribution is 5.88. The quantitative estimate of drug-likeness (QED) is 0.414. The lowest BCUT2D eigenvalue weighted by Gasteiger charge is -2.44. The van der Waals surface area contributed by atoms with Crippen LogP contribution in [-0.2, 0) is 23.9 Å². The summed E-state index contributed by atoms with van der Waals surface area (Å²) in [5, 5.41) is 0. The van der Waals surface area contributed by atoms with Gasteiger partial charge in [0.05, 0.1) is 5.92 Å². The molecule has 0 aromatic carbocycles. The van der Waals surface area contributed by atoms with Crippen LogP contribution in [0.2, 0.25) is 0 Å². The topological polar surface area (TPSA) is 69.7 Å². The Labute approximate surface area is 162 Å². The van der Waals surface area contributed by atoms with E-state index < -0.39 is 6.10 Å². The zero-order valence-corrected chi connectivity index (χ0v) is 17.3. The van der Waals surface area contributed by atoms with Gasteiger partial charge < -0.3 is 9.47 Å². The maximum absolute atomic E-state index is 12.8. The van der Waals surface area contributed by atoms with Gasteiger partial charge in [-0.15, -0.1) is 0 Å². The van der Waals surface area contributed by atoms with Gasteiger partial charge in [0.1, 0.15) is 18.0 Å². The average molecular weight is 376 g/mol. The van der Waals surface area contributed by atoms with Gasteiger partial charge in [-0.1, -0.05) is 26.5 Å². The van der Waals surface area contributed by atoms with Crippen molar-refractivity contribution in [1.82, 2.24) is 0 Å². The van der Waals surface area contributed by atoms with Gasteiger partial charge in [-0.05, 0) is 56.4 Å². The predicted octanol–water partition coefficient (Wildman–Crippen LogP) is 3.87. The van der Waals surface area contributed by atoms with Crippen LogP contribution in [0.1, 0.15) is 54.4 Å². The normalized spacial score (nSPS) is 32.3. The number of esters is 2. The van der Waals surface area contributed by atoms with E-state index in [0.29, 0.717) is 24.3 Å². The summed E-state index contributed by atoms with van der Waals surface area (Å²) in [5.74, 6) is -0.380. The number of rotatable bonds is 5. The molecule has 5 nitrogen and oxygen atoms in total. The fourth-order valence-corrected chi connectivity index (χ4v) is 4.78. The summed E-state index contributed by atoms with van der Waals surface area (Å²) in [4.78, 5) is 36.5. The van der Waals surface area contributed by atoms with Crippen molar-refractivity contribution in [2.24, 2.45) is 29.6 Å². The number of ether oxygens (including phenoxy) is 2. The second-order valence-electron chi connectivity index (χ2n) is 8.28. The summed E-state index contributed by atoms with van der Waals surface area (Å²) in [6.07, 6.45) is 1.92. The molecule has 150 valence electrons. The summed E-state index contributed by atoms with van der Waals surface area (Å²) < 4.78 is 11.1. The molecule has 6 atom stereocenters. The van der Waals surface area contributed by atoms with E-state index in [9.17, 15) is 14.4 Å². The van der Waals surface area contributed by atoms with Crippen molar-refractivity contribution in [2.75, 3.05) is 0 Å². The molecular formula is C22H32O5. The Hall–Kier alpha value is -1.91. The van der Waals surface area contributed by atoms with Crippen LogP contribution in [0.25, 0.3) is 0 Å². The van der Waals surface area contributed by atoms with Crippen LogP contribution < -0.4 is 0 Å². The van der Waals surface area contributed by atoms with Gasteiger partial charge >= 0.3 is 11.9 Å². The van der Waals surface area contributed by atoms with Crippen LogP contribution in [0.15, 0.2) is 23.8 Å². The van der Waals surface area contributed by atoms with Gasteiger partial charge in [-0.3, -0.25) is 9.59 Å². The predicted molar refractivity (Wildman–Crippen MR) is 103 cm³/mol. The number of carbonyl (C=O) groups is 3. The molecule has 0 radical (unpaired) electrons. The first kappa shape index (κ1) is 21.4. The molecule has 2 fully saturated rings. The monoisotopic (exact) mass is 376 g/mol. The highest BCUT2D eigenvalue weighted by atomic mass is 16.5. The van der Waals surface area contributed by atoms with E-state index in [0.717, 1.165) is 5.57 Å². The third-order valence-electron chi connectivity index (χ3n) is 6.26. The van der Waals surface area contributed by atoms with Gasteiger partial charge in [-0.25, -0.2) is 4.79 Å². The highest BCUT2D eigenvalue weighted by Crippen LogP contribution is 2.53. The van der Waals surface area contributed by atoms with E-state index >= 15 is 0 Å². The van der Waals surface area contributed by atoms with Crippen LogP contribution in [0, 0.1) is 29.6 Å². The summed E-state index contributed by atoms with van der Waals surface area (Å²) in [7, 11) is 0. The number of hydrogen-bond acceptors (Lipinski definition) is 5. The highest BCUT2D eigenvalue weighted by Gasteiger charge is 2.55. The lowest BCUT2D eigenvalue weighted by Crippen LogP contribution is -2.44. The van der Waals surface area contributed by atoms with Crippen molar-refractivity contribution in [3.63, 3.8) is 0 Å². The van der Waals surface area contributed by atoms with Crippen LogP contribution in [-0.4, -0.2) is 29.9 Å². The molecule has 5 heteroatoms. The van der Waals surface area contributed by atoms with Gasteiger partial charge in [-0.2, -0.15) is 0 Å². The van der Waals surface area contributed by atoms with E-state index in [1.54, 1.807) is 26.8 Å². The first-order chi connectivity index (χ1) is 12.6. The van der Waals surface area contributed by atoms with Crippen molar-refractivity contribution < 1.29 is 23.9 Å². The standard InChI is InChI=1S/C22H32O5/c1-8-12(4)22(25)27-19-10-16(11(2)3)21-17(13(19)5)9-18(24)20(21)14(6)26-15(7)23/h8,11,14,16-17,19-21H,5,9-10H2,1-4,6-7H3/b12-8-/t14-,16-,17-,19+,20-,21-/m0/s1. The smallest absolute Gasteiger partial charge is 0.333 e. The second kappa shape index (κ2) is 8.41. The Balaban J connectivity index is 2.30. The van der Waals surface area contributed by atoms with E-state index in [1.807, 2.05) is 0 Å². The van der Waals surface area contributed by atoms with Gasteiger partial charge in [0.2, 0.25) is 0 Å². The third kappa shape index (κ3) is 4.33. The Morgan fingerprint density at radius 1 is 1.22 bits per heavy atom. The van der Waals surface area contributed by atoms with E-state index in [2.05, 4.69) is 20.4 Å². The summed E-state index contributed by atoms with van der Waals surface area (Å²) in [5.41, 5.74) is 1.38. The third-order valence-corrected chi connectivity index (χ3v) is 6.26. The van der Waals surface area contributed by atoms with Gasteiger partial charge in [0, 0.05) is 18.9 Å². The Morgan fingerprint density at radius 3 is 2.37 bits per heavy atom. The molecule has 2 rings (SSSR count). The molecule has 0 N–H and O–H groups in total. The SMILES string of the molecule is C=C1[C@H](OC(=O)/C(C)=C\C)C[C@@H](C(C)C)[C@@H]2[C@@H]([C@H](C)OC(C)=O)C(=O)C[C@@H]12. The summed E-state index contributed by atoms with van der Waals surface area (Å²) >= 11 is 0. The fourth-order valence-electron chi connectivity index (χ4n) is 4.78. The lowest BCUT2D eigenvalue weighted by atomic mass is 9.63. The average Bonchev–Trinajstić information content (AvgIpc) is 2.92. The number of Topliss-reactive ketones (excluding diaryl/α,β-unsaturated/α-hetero) is 1. The van der Waals surface area contributed by atoms with Gasteiger partial charge in [0.25, 0.3) is 0 Å².